The highest BCUT2D eigenvalue weighted by Crippen LogP contribution is 2.52. The zero-order chi connectivity index (χ0) is 11.3. The van der Waals surface area contributed by atoms with Crippen molar-refractivity contribution in [3.8, 4) is 0 Å². The third kappa shape index (κ3) is 1.50. The Morgan fingerprint density at radius 2 is 2.38 bits per heavy atom. The Kier molecular flexibility index (Phi) is 2.17. The fourth-order valence-electron chi connectivity index (χ4n) is 2.61. The Hall–Kier alpha value is -0.790. The van der Waals surface area contributed by atoms with Crippen molar-refractivity contribution >= 4 is 28.7 Å². The molecule has 1 saturated carbocycles. The lowest BCUT2D eigenvalue weighted by atomic mass is 10.1. The summed E-state index contributed by atoms with van der Waals surface area (Å²) in [5, 5.41) is 13.4. The lowest BCUT2D eigenvalue weighted by Crippen LogP contribution is -2.36. The molecule has 1 amide bonds. The largest absolute Gasteiger partial charge is 0.465 e. The molecule has 3 rings (SSSR count). The van der Waals surface area contributed by atoms with Gasteiger partial charge in [0, 0.05) is 18.3 Å². The van der Waals surface area contributed by atoms with Gasteiger partial charge in [-0.15, -0.1) is 0 Å². The minimum absolute atomic E-state index is 0.0616. The second-order valence-electron chi connectivity index (χ2n) is 4.61. The maximum atomic E-state index is 11.1. The van der Waals surface area contributed by atoms with E-state index in [1.807, 2.05) is 17.1 Å². The van der Waals surface area contributed by atoms with E-state index in [9.17, 15) is 4.79 Å². The Bertz CT molecular complexity index is 441. The van der Waals surface area contributed by atoms with E-state index in [2.05, 4.69) is 27.7 Å². The average Bonchev–Trinajstić information content (AvgIpc) is 2.69. The second-order valence-corrected chi connectivity index (χ2v) is 5.86. The van der Waals surface area contributed by atoms with Crippen LogP contribution in [0.15, 0.2) is 12.4 Å². The van der Waals surface area contributed by atoms with Gasteiger partial charge in [0.15, 0.2) is 0 Å². The predicted molar refractivity (Wildman–Crippen MR) is 65.3 cm³/mol. The Morgan fingerprint density at radius 1 is 1.62 bits per heavy atom. The van der Waals surface area contributed by atoms with Crippen LogP contribution in [0.2, 0.25) is 0 Å². The van der Waals surface area contributed by atoms with E-state index < -0.39 is 6.09 Å². The topological polar surface area (TPSA) is 58.4 Å². The van der Waals surface area contributed by atoms with Gasteiger partial charge in [-0.05, 0) is 41.9 Å². The standard InChI is InChI=1S/C10H12IN3O2/c11-7-4-12-14(5-7)8-3-10(1-2-10)13(6-8)9(15)16/h4-5,8H,1-3,6H2,(H,15,16). The summed E-state index contributed by atoms with van der Waals surface area (Å²) < 4.78 is 3.00. The van der Waals surface area contributed by atoms with Gasteiger partial charge >= 0.3 is 6.09 Å². The molecule has 1 aliphatic carbocycles. The number of rotatable bonds is 1. The fourth-order valence-corrected chi connectivity index (χ4v) is 3.02. The van der Waals surface area contributed by atoms with Crippen LogP contribution >= 0.6 is 22.6 Å². The number of amides is 1. The number of hydrogen-bond donors (Lipinski definition) is 1. The van der Waals surface area contributed by atoms with Crippen molar-refractivity contribution in [2.75, 3.05) is 6.54 Å². The van der Waals surface area contributed by atoms with Crippen molar-refractivity contribution in [1.29, 1.82) is 0 Å². The molecule has 0 radical (unpaired) electrons. The summed E-state index contributed by atoms with van der Waals surface area (Å²) in [4.78, 5) is 12.7. The maximum absolute atomic E-state index is 11.1. The van der Waals surface area contributed by atoms with Gasteiger partial charge in [-0.2, -0.15) is 5.10 Å². The summed E-state index contributed by atoms with van der Waals surface area (Å²) in [5.74, 6) is 0. The predicted octanol–water partition coefficient (Wildman–Crippen LogP) is 1.95. The molecule has 0 aromatic carbocycles. The third-order valence-corrected chi connectivity index (χ3v) is 4.14. The van der Waals surface area contributed by atoms with Crippen LogP contribution in [0.4, 0.5) is 4.79 Å². The van der Waals surface area contributed by atoms with Crippen LogP contribution in [0.3, 0.4) is 0 Å². The van der Waals surface area contributed by atoms with E-state index in [4.69, 9.17) is 5.11 Å². The van der Waals surface area contributed by atoms with Crippen LogP contribution in [0, 0.1) is 3.57 Å². The Balaban J connectivity index is 1.84. The number of nitrogens with zero attached hydrogens (tertiary/aromatic N) is 3. The van der Waals surface area contributed by atoms with Crippen LogP contribution in [0.5, 0.6) is 0 Å². The number of halogens is 1. The molecule has 1 spiro atoms. The zero-order valence-corrected chi connectivity index (χ0v) is 10.8. The summed E-state index contributed by atoms with van der Waals surface area (Å²) in [7, 11) is 0. The van der Waals surface area contributed by atoms with Crippen molar-refractivity contribution < 1.29 is 9.90 Å². The van der Waals surface area contributed by atoms with E-state index >= 15 is 0 Å². The van der Waals surface area contributed by atoms with Gasteiger partial charge in [-0.25, -0.2) is 4.79 Å². The highest BCUT2D eigenvalue weighted by molar-refractivity contribution is 14.1. The molecular weight excluding hydrogens is 321 g/mol. The molecule has 1 aromatic heterocycles. The lowest BCUT2D eigenvalue weighted by molar-refractivity contribution is 0.134. The first-order valence-electron chi connectivity index (χ1n) is 5.31. The summed E-state index contributed by atoms with van der Waals surface area (Å²) in [6.07, 6.45) is 5.93. The minimum Gasteiger partial charge on any atom is -0.465 e. The average molecular weight is 333 g/mol. The van der Waals surface area contributed by atoms with Gasteiger partial charge in [0.1, 0.15) is 0 Å². The van der Waals surface area contributed by atoms with Gasteiger partial charge in [-0.1, -0.05) is 0 Å². The van der Waals surface area contributed by atoms with Crippen LogP contribution in [0.25, 0.3) is 0 Å². The van der Waals surface area contributed by atoms with Gasteiger partial charge < -0.3 is 10.0 Å². The molecule has 2 aliphatic rings. The highest BCUT2D eigenvalue weighted by atomic mass is 127. The van der Waals surface area contributed by atoms with Crippen LogP contribution < -0.4 is 0 Å². The molecule has 86 valence electrons. The molecule has 0 bridgehead atoms. The molecule has 2 fully saturated rings. The first kappa shape index (κ1) is 10.4. The normalized spacial score (nSPS) is 26.3. The summed E-state index contributed by atoms with van der Waals surface area (Å²) in [5.41, 5.74) is -0.0616. The molecule has 1 unspecified atom stereocenters. The van der Waals surface area contributed by atoms with Gasteiger partial charge in [0.05, 0.1) is 15.8 Å². The number of hydrogen-bond acceptors (Lipinski definition) is 2. The Morgan fingerprint density at radius 3 is 2.81 bits per heavy atom. The first-order chi connectivity index (χ1) is 7.61. The van der Waals surface area contributed by atoms with Crippen molar-refractivity contribution in [2.24, 2.45) is 0 Å². The van der Waals surface area contributed by atoms with Crippen LogP contribution in [0.1, 0.15) is 25.3 Å². The molecule has 1 aromatic rings. The number of carboxylic acid groups (broad SMARTS) is 1. The molecule has 2 heterocycles. The number of carbonyl (C=O) groups is 1. The third-order valence-electron chi connectivity index (χ3n) is 3.58. The van der Waals surface area contributed by atoms with Crippen molar-refractivity contribution in [2.45, 2.75) is 30.8 Å². The number of aromatic nitrogens is 2. The van der Waals surface area contributed by atoms with Crippen molar-refractivity contribution in [3.05, 3.63) is 16.0 Å². The first-order valence-corrected chi connectivity index (χ1v) is 6.39. The zero-order valence-electron chi connectivity index (χ0n) is 8.64. The molecule has 1 N–H and O–H groups in total. The maximum Gasteiger partial charge on any atom is 0.407 e. The summed E-state index contributed by atoms with van der Waals surface area (Å²) in [6, 6.07) is 0.210. The summed E-state index contributed by atoms with van der Waals surface area (Å²) >= 11 is 2.22. The molecule has 1 aliphatic heterocycles. The molecule has 1 atom stereocenters. The van der Waals surface area contributed by atoms with E-state index in [0.29, 0.717) is 6.54 Å². The van der Waals surface area contributed by atoms with Crippen LogP contribution in [-0.4, -0.2) is 38.0 Å². The van der Waals surface area contributed by atoms with Crippen LogP contribution in [-0.2, 0) is 0 Å². The van der Waals surface area contributed by atoms with Gasteiger partial charge in [0.25, 0.3) is 0 Å². The lowest BCUT2D eigenvalue weighted by Gasteiger charge is -2.19. The molecule has 16 heavy (non-hydrogen) atoms. The quantitative estimate of drug-likeness (QED) is 0.799. The van der Waals surface area contributed by atoms with E-state index in [-0.39, 0.29) is 11.6 Å². The SMILES string of the molecule is O=C(O)N1CC(n2cc(I)cn2)CC12CC2. The van der Waals surface area contributed by atoms with Gasteiger partial charge in [0.2, 0.25) is 0 Å². The summed E-state index contributed by atoms with van der Waals surface area (Å²) in [6.45, 7) is 0.576. The minimum atomic E-state index is -0.790. The number of likely N-dealkylation sites (tertiary alicyclic amines) is 1. The molecular formula is C10H12IN3O2. The van der Waals surface area contributed by atoms with E-state index in [0.717, 1.165) is 22.8 Å². The monoisotopic (exact) mass is 333 g/mol. The fraction of sp³-hybridized carbons (Fsp3) is 0.600. The van der Waals surface area contributed by atoms with E-state index in [1.54, 1.807) is 4.90 Å². The molecule has 5 nitrogen and oxygen atoms in total. The Labute approximate surface area is 107 Å². The molecule has 1 saturated heterocycles. The molecule has 6 heteroatoms. The van der Waals surface area contributed by atoms with Crippen molar-refractivity contribution in [3.63, 3.8) is 0 Å². The van der Waals surface area contributed by atoms with Crippen molar-refractivity contribution in [1.82, 2.24) is 14.7 Å². The second kappa shape index (κ2) is 3.35. The van der Waals surface area contributed by atoms with Gasteiger partial charge in [-0.3, -0.25) is 4.68 Å². The smallest absolute Gasteiger partial charge is 0.407 e. The van der Waals surface area contributed by atoms with E-state index in [1.165, 1.54) is 0 Å². The highest BCUT2D eigenvalue weighted by Gasteiger charge is 2.56.